The number of nitrogens with zero attached hydrogens (tertiary/aromatic N) is 1. The lowest BCUT2D eigenvalue weighted by molar-refractivity contribution is -0.114. The number of carbonyl (C=O) groups excluding carboxylic acids is 2. The first kappa shape index (κ1) is 15.9. The van der Waals surface area contributed by atoms with Gasteiger partial charge in [0.15, 0.2) is 5.13 Å². The highest BCUT2D eigenvalue weighted by Crippen LogP contribution is 2.17. The molecule has 8 heteroatoms. The molecule has 0 saturated carbocycles. The molecule has 4 N–H and O–H groups in total. The molecule has 1 heterocycles. The Morgan fingerprint density at radius 1 is 1.20 bits per heavy atom. The van der Waals surface area contributed by atoms with Crippen LogP contribution in [-0.4, -0.2) is 16.8 Å². The fourth-order valence-electron chi connectivity index (χ4n) is 1.35. The number of hydrogen-bond donors (Lipinski definition) is 3. The maximum atomic E-state index is 11.9. The predicted molar refractivity (Wildman–Crippen MR) is 82.5 cm³/mol. The third kappa shape index (κ3) is 4.22. The highest BCUT2D eigenvalue weighted by atomic mass is 35.5. The van der Waals surface area contributed by atoms with E-state index in [1.54, 1.807) is 29.6 Å². The number of carbonyl (C=O) groups is 2. The summed E-state index contributed by atoms with van der Waals surface area (Å²) < 4.78 is 0. The second-order valence-electron chi connectivity index (χ2n) is 3.80. The number of thiazole rings is 1. The van der Waals surface area contributed by atoms with Crippen molar-refractivity contribution >= 4 is 52.1 Å². The SMILES string of the molecule is CC(=O)Nc1nc(C(=O)Nc2ccc(N)cc2)cs1.Cl. The minimum absolute atomic E-state index is 0. The minimum atomic E-state index is -0.336. The van der Waals surface area contributed by atoms with Gasteiger partial charge in [-0.25, -0.2) is 4.98 Å². The quantitative estimate of drug-likeness (QED) is 0.758. The van der Waals surface area contributed by atoms with Crippen LogP contribution < -0.4 is 16.4 Å². The lowest BCUT2D eigenvalue weighted by Crippen LogP contribution is -2.13. The Labute approximate surface area is 125 Å². The van der Waals surface area contributed by atoms with Crippen molar-refractivity contribution in [1.29, 1.82) is 0 Å². The Balaban J connectivity index is 0.00000200. The number of amides is 2. The zero-order valence-corrected chi connectivity index (χ0v) is 12.2. The summed E-state index contributed by atoms with van der Waals surface area (Å²) in [6.45, 7) is 1.38. The molecule has 1 aromatic heterocycles. The van der Waals surface area contributed by atoms with Crippen LogP contribution in [0.3, 0.4) is 0 Å². The fourth-order valence-corrected chi connectivity index (χ4v) is 2.08. The number of aromatic nitrogens is 1. The molecule has 0 saturated heterocycles. The topological polar surface area (TPSA) is 97.1 Å². The van der Waals surface area contributed by atoms with E-state index in [0.717, 1.165) is 0 Å². The van der Waals surface area contributed by atoms with Crippen molar-refractivity contribution in [2.24, 2.45) is 0 Å². The molecular formula is C12H13ClN4O2S. The Morgan fingerprint density at radius 2 is 1.85 bits per heavy atom. The van der Waals surface area contributed by atoms with Crippen LogP contribution in [0, 0.1) is 0 Å². The minimum Gasteiger partial charge on any atom is -0.399 e. The smallest absolute Gasteiger partial charge is 0.275 e. The van der Waals surface area contributed by atoms with Gasteiger partial charge < -0.3 is 16.4 Å². The van der Waals surface area contributed by atoms with E-state index in [9.17, 15) is 9.59 Å². The van der Waals surface area contributed by atoms with Gasteiger partial charge in [0.2, 0.25) is 5.91 Å². The highest BCUT2D eigenvalue weighted by Gasteiger charge is 2.11. The summed E-state index contributed by atoms with van der Waals surface area (Å²) in [7, 11) is 0. The molecule has 0 aliphatic carbocycles. The summed E-state index contributed by atoms with van der Waals surface area (Å²) >= 11 is 1.20. The molecule has 2 amide bonds. The molecule has 0 fully saturated rings. The van der Waals surface area contributed by atoms with Crippen LogP contribution in [0.15, 0.2) is 29.6 Å². The first-order chi connectivity index (χ1) is 9.04. The van der Waals surface area contributed by atoms with Gasteiger partial charge in [0.05, 0.1) is 0 Å². The second kappa shape index (κ2) is 6.88. The van der Waals surface area contributed by atoms with Gasteiger partial charge in [-0.05, 0) is 24.3 Å². The maximum Gasteiger partial charge on any atom is 0.275 e. The summed E-state index contributed by atoms with van der Waals surface area (Å²) in [5, 5.41) is 7.19. The number of nitrogen functional groups attached to an aromatic ring is 1. The van der Waals surface area contributed by atoms with Crippen molar-refractivity contribution in [2.75, 3.05) is 16.4 Å². The molecule has 0 atom stereocenters. The fraction of sp³-hybridized carbons (Fsp3) is 0.0833. The molecule has 6 nitrogen and oxygen atoms in total. The monoisotopic (exact) mass is 312 g/mol. The third-order valence-electron chi connectivity index (χ3n) is 2.19. The van der Waals surface area contributed by atoms with Crippen molar-refractivity contribution in [2.45, 2.75) is 6.92 Å². The predicted octanol–water partition coefficient (Wildman–Crippen LogP) is 2.36. The van der Waals surface area contributed by atoms with Gasteiger partial charge in [0, 0.05) is 23.7 Å². The Bertz CT molecular complexity index is 612. The molecule has 0 aliphatic rings. The van der Waals surface area contributed by atoms with Gasteiger partial charge in [-0.1, -0.05) is 0 Å². The molecule has 0 radical (unpaired) electrons. The Morgan fingerprint density at radius 3 is 2.45 bits per heavy atom. The Hall–Kier alpha value is -2.12. The van der Waals surface area contributed by atoms with Crippen molar-refractivity contribution in [3.05, 3.63) is 35.3 Å². The lowest BCUT2D eigenvalue weighted by atomic mass is 10.3. The number of nitrogens with one attached hydrogen (secondary N) is 2. The van der Waals surface area contributed by atoms with E-state index in [1.165, 1.54) is 18.3 Å². The normalized spacial score (nSPS) is 9.45. The van der Waals surface area contributed by atoms with Gasteiger partial charge in [-0.2, -0.15) is 0 Å². The molecule has 2 aromatic rings. The molecule has 20 heavy (non-hydrogen) atoms. The van der Waals surface area contributed by atoms with Gasteiger partial charge in [0.25, 0.3) is 5.91 Å². The van der Waals surface area contributed by atoms with Crippen LogP contribution >= 0.6 is 23.7 Å². The molecule has 0 spiro atoms. The number of benzene rings is 1. The van der Waals surface area contributed by atoms with E-state index in [1.807, 2.05) is 0 Å². The standard InChI is InChI=1S/C12H12N4O2S.ClH/c1-7(17)14-12-16-10(6-19-12)11(18)15-9-4-2-8(13)3-5-9;/h2-6H,13H2,1H3,(H,15,18)(H,14,16,17);1H. The first-order valence-electron chi connectivity index (χ1n) is 5.44. The molecule has 0 aliphatic heterocycles. The molecule has 0 unspecified atom stereocenters. The number of hydrogen-bond acceptors (Lipinski definition) is 5. The average molecular weight is 313 g/mol. The van der Waals surface area contributed by atoms with Crippen LogP contribution in [0.4, 0.5) is 16.5 Å². The molecule has 1 aromatic carbocycles. The molecule has 0 bridgehead atoms. The summed E-state index contributed by atoms with van der Waals surface area (Å²) in [4.78, 5) is 26.8. The van der Waals surface area contributed by atoms with Crippen LogP contribution in [0.1, 0.15) is 17.4 Å². The summed E-state index contributed by atoms with van der Waals surface area (Å²) in [6.07, 6.45) is 0. The Kier molecular flexibility index (Phi) is 5.48. The van der Waals surface area contributed by atoms with Crippen molar-refractivity contribution in [1.82, 2.24) is 4.98 Å². The zero-order valence-electron chi connectivity index (χ0n) is 10.5. The summed E-state index contributed by atoms with van der Waals surface area (Å²) in [5.74, 6) is -0.558. The zero-order chi connectivity index (χ0) is 13.8. The van der Waals surface area contributed by atoms with E-state index in [-0.39, 0.29) is 29.9 Å². The van der Waals surface area contributed by atoms with Crippen molar-refractivity contribution in [3.8, 4) is 0 Å². The van der Waals surface area contributed by atoms with Gasteiger partial charge >= 0.3 is 0 Å². The number of nitrogens with two attached hydrogens (primary N) is 1. The summed E-state index contributed by atoms with van der Waals surface area (Å²) in [5.41, 5.74) is 7.07. The van der Waals surface area contributed by atoms with Crippen LogP contribution in [-0.2, 0) is 4.79 Å². The van der Waals surface area contributed by atoms with Crippen molar-refractivity contribution < 1.29 is 9.59 Å². The number of anilines is 3. The first-order valence-corrected chi connectivity index (χ1v) is 6.32. The van der Waals surface area contributed by atoms with Crippen LogP contribution in [0.2, 0.25) is 0 Å². The van der Waals surface area contributed by atoms with Gasteiger partial charge in [-0.3, -0.25) is 9.59 Å². The molecule has 106 valence electrons. The molecule has 2 rings (SSSR count). The lowest BCUT2D eigenvalue weighted by Gasteiger charge is -2.03. The third-order valence-corrected chi connectivity index (χ3v) is 2.95. The molecular weight excluding hydrogens is 300 g/mol. The van der Waals surface area contributed by atoms with E-state index < -0.39 is 0 Å². The maximum absolute atomic E-state index is 11.9. The number of halogens is 1. The van der Waals surface area contributed by atoms with Crippen LogP contribution in [0.25, 0.3) is 0 Å². The van der Waals surface area contributed by atoms with E-state index in [0.29, 0.717) is 16.5 Å². The second-order valence-corrected chi connectivity index (χ2v) is 4.65. The summed E-state index contributed by atoms with van der Waals surface area (Å²) in [6, 6.07) is 6.79. The average Bonchev–Trinajstić information content (AvgIpc) is 2.80. The van der Waals surface area contributed by atoms with Crippen LogP contribution in [0.5, 0.6) is 0 Å². The largest absolute Gasteiger partial charge is 0.399 e. The van der Waals surface area contributed by atoms with Gasteiger partial charge in [-0.15, -0.1) is 23.7 Å². The highest BCUT2D eigenvalue weighted by molar-refractivity contribution is 7.14. The van der Waals surface area contributed by atoms with E-state index in [4.69, 9.17) is 5.73 Å². The van der Waals surface area contributed by atoms with E-state index in [2.05, 4.69) is 15.6 Å². The van der Waals surface area contributed by atoms with E-state index >= 15 is 0 Å². The number of rotatable bonds is 3. The van der Waals surface area contributed by atoms with Crippen molar-refractivity contribution in [3.63, 3.8) is 0 Å². The van der Waals surface area contributed by atoms with Gasteiger partial charge in [0.1, 0.15) is 5.69 Å².